The van der Waals surface area contributed by atoms with Crippen molar-refractivity contribution >= 4 is 16.9 Å². The van der Waals surface area contributed by atoms with Gasteiger partial charge >= 0.3 is 0 Å². The van der Waals surface area contributed by atoms with Gasteiger partial charge in [-0.15, -0.1) is 0 Å². The Kier molecular flexibility index (Phi) is 3.52. The number of nitrogens with zero attached hydrogens (tertiary/aromatic N) is 2. The summed E-state index contributed by atoms with van der Waals surface area (Å²) in [5, 5.41) is 3.99. The van der Waals surface area contributed by atoms with Crippen molar-refractivity contribution < 1.29 is 13.9 Å². The van der Waals surface area contributed by atoms with Gasteiger partial charge in [-0.25, -0.2) is 4.98 Å². The predicted molar refractivity (Wildman–Crippen MR) is 89.3 cm³/mol. The molecule has 0 spiro atoms. The fourth-order valence-corrected chi connectivity index (χ4v) is 3.28. The van der Waals surface area contributed by atoms with Gasteiger partial charge in [0.25, 0.3) is 5.91 Å². The molecule has 24 heavy (non-hydrogen) atoms. The monoisotopic (exact) mass is 325 g/mol. The number of methoxy groups -OCH3 is 1. The number of hydrogen-bond acceptors (Lipinski definition) is 4. The molecule has 0 saturated heterocycles. The van der Waals surface area contributed by atoms with E-state index in [4.69, 9.17) is 9.15 Å². The van der Waals surface area contributed by atoms with Crippen LogP contribution in [0.25, 0.3) is 11.0 Å². The highest BCUT2D eigenvalue weighted by Gasteiger charge is 2.24. The lowest BCUT2D eigenvalue weighted by Gasteiger charge is -2.24. The summed E-state index contributed by atoms with van der Waals surface area (Å²) in [5.74, 6) is 2.02. The first-order valence-corrected chi connectivity index (χ1v) is 8.03. The summed E-state index contributed by atoms with van der Waals surface area (Å²) >= 11 is 0. The van der Waals surface area contributed by atoms with E-state index in [1.54, 1.807) is 13.3 Å². The molecule has 1 amide bonds. The lowest BCUT2D eigenvalue weighted by molar-refractivity contribution is 0.0900. The van der Waals surface area contributed by atoms with Crippen LogP contribution in [0.3, 0.4) is 0 Å². The lowest BCUT2D eigenvalue weighted by Crippen LogP contribution is -2.40. The van der Waals surface area contributed by atoms with Crippen LogP contribution in [0.4, 0.5) is 0 Å². The highest BCUT2D eigenvalue weighted by molar-refractivity contribution is 5.99. The number of amides is 1. The molecule has 1 atom stereocenters. The molecule has 1 N–H and O–H groups in total. The molecule has 124 valence electrons. The topological polar surface area (TPSA) is 69.3 Å². The van der Waals surface area contributed by atoms with Crippen molar-refractivity contribution in [3.63, 3.8) is 0 Å². The van der Waals surface area contributed by atoms with E-state index in [0.717, 1.165) is 41.9 Å². The van der Waals surface area contributed by atoms with Crippen LogP contribution in [0.1, 0.15) is 28.4 Å². The fraction of sp³-hybridized carbons (Fsp3) is 0.333. The minimum Gasteiger partial charge on any atom is -0.497 e. The second-order valence-electron chi connectivity index (χ2n) is 6.12. The summed E-state index contributed by atoms with van der Waals surface area (Å²) in [4.78, 5) is 17.0. The van der Waals surface area contributed by atoms with Gasteiger partial charge in [0.2, 0.25) is 0 Å². The van der Waals surface area contributed by atoms with E-state index in [1.807, 2.05) is 31.3 Å². The maximum atomic E-state index is 12.6. The Morgan fingerprint density at radius 3 is 3.17 bits per heavy atom. The van der Waals surface area contributed by atoms with Gasteiger partial charge in [0.15, 0.2) is 5.76 Å². The molecule has 0 fully saturated rings. The van der Waals surface area contributed by atoms with Crippen molar-refractivity contribution in [3.05, 3.63) is 47.7 Å². The van der Waals surface area contributed by atoms with Crippen molar-refractivity contribution in [1.82, 2.24) is 14.9 Å². The maximum Gasteiger partial charge on any atom is 0.287 e. The van der Waals surface area contributed by atoms with Gasteiger partial charge in [-0.1, -0.05) is 0 Å². The third kappa shape index (κ3) is 2.44. The Morgan fingerprint density at radius 1 is 1.46 bits per heavy atom. The number of aromatic nitrogens is 2. The highest BCUT2D eigenvalue weighted by Crippen LogP contribution is 2.29. The smallest absolute Gasteiger partial charge is 0.287 e. The number of carbonyl (C=O) groups excluding carboxylic acids is 1. The zero-order chi connectivity index (χ0) is 16.7. The molecule has 3 aromatic rings. The Hall–Kier alpha value is -2.76. The van der Waals surface area contributed by atoms with E-state index in [1.165, 1.54) is 0 Å². The second kappa shape index (κ2) is 5.70. The molecule has 1 aliphatic heterocycles. The summed E-state index contributed by atoms with van der Waals surface area (Å²) in [7, 11) is 1.62. The number of ether oxygens (including phenoxy) is 1. The minimum atomic E-state index is -0.170. The average molecular weight is 325 g/mol. The summed E-state index contributed by atoms with van der Waals surface area (Å²) < 4.78 is 13.1. The van der Waals surface area contributed by atoms with Crippen molar-refractivity contribution in [3.8, 4) is 5.75 Å². The van der Waals surface area contributed by atoms with E-state index >= 15 is 0 Å². The number of furan rings is 1. The first kappa shape index (κ1) is 14.8. The van der Waals surface area contributed by atoms with E-state index in [-0.39, 0.29) is 11.9 Å². The molecule has 1 aliphatic rings. The van der Waals surface area contributed by atoms with Crippen LogP contribution in [0, 0.1) is 6.92 Å². The zero-order valence-corrected chi connectivity index (χ0v) is 13.7. The van der Waals surface area contributed by atoms with Crippen molar-refractivity contribution in [2.24, 2.45) is 0 Å². The molecule has 0 bridgehead atoms. The molecule has 0 aliphatic carbocycles. The number of fused-ring (bicyclic) bond motifs is 2. The number of imidazole rings is 1. The van der Waals surface area contributed by atoms with Crippen LogP contribution in [0.5, 0.6) is 5.75 Å². The quantitative estimate of drug-likeness (QED) is 0.804. The molecular weight excluding hydrogens is 306 g/mol. The zero-order valence-electron chi connectivity index (χ0n) is 13.7. The van der Waals surface area contributed by atoms with Gasteiger partial charge in [-0.3, -0.25) is 4.79 Å². The van der Waals surface area contributed by atoms with Crippen molar-refractivity contribution in [1.29, 1.82) is 0 Å². The number of nitrogens with one attached hydrogen (secondary N) is 1. The van der Waals surface area contributed by atoms with Gasteiger partial charge in [0, 0.05) is 42.4 Å². The van der Waals surface area contributed by atoms with E-state index < -0.39 is 0 Å². The molecule has 6 heteroatoms. The van der Waals surface area contributed by atoms with Crippen LogP contribution in [-0.2, 0) is 13.0 Å². The Morgan fingerprint density at radius 2 is 2.33 bits per heavy atom. The molecule has 4 rings (SSSR count). The van der Waals surface area contributed by atoms with Crippen molar-refractivity contribution in [2.45, 2.75) is 32.4 Å². The molecule has 1 unspecified atom stereocenters. The summed E-state index contributed by atoms with van der Waals surface area (Å²) in [6, 6.07) is 5.63. The van der Waals surface area contributed by atoms with Crippen LogP contribution in [0.15, 0.2) is 35.0 Å². The average Bonchev–Trinajstić information content (AvgIpc) is 3.18. The van der Waals surface area contributed by atoms with Gasteiger partial charge < -0.3 is 19.0 Å². The first-order chi connectivity index (χ1) is 11.7. The third-order valence-electron chi connectivity index (χ3n) is 4.62. The molecule has 0 saturated carbocycles. The SMILES string of the molecule is COc1ccc2oc(C(=O)NC3CCc4nccn4C3)c(C)c2c1. The Bertz CT molecular complexity index is 910. The standard InChI is InChI=1S/C18H19N3O3/c1-11-14-9-13(23-2)4-5-15(14)24-17(11)18(22)20-12-3-6-16-19-7-8-21(16)10-12/h4-5,7-9,12H,3,6,10H2,1-2H3,(H,20,22). The summed E-state index contributed by atoms with van der Waals surface area (Å²) in [6.07, 6.45) is 5.51. The molecule has 0 radical (unpaired) electrons. The number of benzene rings is 1. The van der Waals surface area contributed by atoms with E-state index in [0.29, 0.717) is 11.3 Å². The number of hydrogen-bond donors (Lipinski definition) is 1. The number of carbonyl (C=O) groups is 1. The second-order valence-corrected chi connectivity index (χ2v) is 6.12. The highest BCUT2D eigenvalue weighted by atomic mass is 16.5. The number of rotatable bonds is 3. The Labute approximate surface area is 139 Å². The van der Waals surface area contributed by atoms with Gasteiger partial charge in [-0.05, 0) is 31.5 Å². The molecule has 3 heterocycles. The van der Waals surface area contributed by atoms with Gasteiger partial charge in [-0.2, -0.15) is 0 Å². The normalized spacial score (nSPS) is 16.8. The summed E-state index contributed by atoms with van der Waals surface area (Å²) in [5.41, 5.74) is 1.53. The van der Waals surface area contributed by atoms with Crippen molar-refractivity contribution in [2.75, 3.05) is 7.11 Å². The maximum absolute atomic E-state index is 12.6. The minimum absolute atomic E-state index is 0.0846. The van der Waals surface area contributed by atoms with E-state index in [9.17, 15) is 4.79 Å². The summed E-state index contributed by atoms with van der Waals surface area (Å²) in [6.45, 7) is 2.64. The Balaban J connectivity index is 1.56. The van der Waals surface area contributed by atoms with E-state index in [2.05, 4.69) is 14.9 Å². The fourth-order valence-electron chi connectivity index (χ4n) is 3.28. The molecule has 2 aromatic heterocycles. The largest absolute Gasteiger partial charge is 0.497 e. The van der Waals surface area contributed by atoms with Crippen LogP contribution in [-0.4, -0.2) is 28.6 Å². The third-order valence-corrected chi connectivity index (χ3v) is 4.62. The number of aryl methyl sites for hydroxylation is 2. The van der Waals surface area contributed by atoms with Gasteiger partial charge in [0.05, 0.1) is 7.11 Å². The van der Waals surface area contributed by atoms with Crippen LogP contribution < -0.4 is 10.1 Å². The lowest BCUT2D eigenvalue weighted by atomic mass is 10.1. The predicted octanol–water partition coefficient (Wildman–Crippen LogP) is 2.69. The molecule has 1 aromatic carbocycles. The molecular formula is C18H19N3O3. The van der Waals surface area contributed by atoms with Crippen LogP contribution in [0.2, 0.25) is 0 Å². The first-order valence-electron chi connectivity index (χ1n) is 8.03. The molecule has 6 nitrogen and oxygen atoms in total. The van der Waals surface area contributed by atoms with Gasteiger partial charge in [0.1, 0.15) is 17.2 Å². The van der Waals surface area contributed by atoms with Crippen LogP contribution >= 0.6 is 0 Å².